The fraction of sp³-hybridized carbons (Fsp3) is 0.294. The van der Waals surface area contributed by atoms with Crippen LogP contribution in [0.1, 0.15) is 24.5 Å². The number of rotatable bonds is 5. The number of hydrogen-bond donors (Lipinski definition) is 1. The van der Waals surface area contributed by atoms with E-state index in [1.807, 2.05) is 0 Å². The van der Waals surface area contributed by atoms with Crippen LogP contribution in [-0.4, -0.2) is 6.04 Å². The monoisotopic (exact) mass is 349 g/mol. The maximum atomic E-state index is 6.02. The van der Waals surface area contributed by atoms with Crippen molar-refractivity contribution in [2.45, 2.75) is 42.5 Å². The van der Waals surface area contributed by atoms with Crippen LogP contribution in [0.2, 0.25) is 0 Å². The van der Waals surface area contributed by atoms with Gasteiger partial charge in [-0.05, 0) is 61.2 Å². The lowest BCUT2D eigenvalue weighted by Gasteiger charge is -2.11. The minimum Gasteiger partial charge on any atom is -0.327 e. The summed E-state index contributed by atoms with van der Waals surface area (Å²) in [6, 6.07) is 15.3. The molecule has 0 saturated carbocycles. The van der Waals surface area contributed by atoms with Crippen molar-refractivity contribution in [2.24, 2.45) is 5.73 Å². The summed E-state index contributed by atoms with van der Waals surface area (Å²) in [5.74, 6) is 0. The zero-order valence-corrected chi connectivity index (χ0v) is 14.3. The van der Waals surface area contributed by atoms with Gasteiger partial charge in [0, 0.05) is 20.3 Å². The molecule has 0 aliphatic rings. The maximum absolute atomic E-state index is 6.02. The zero-order valence-electron chi connectivity index (χ0n) is 11.9. The van der Waals surface area contributed by atoms with E-state index in [4.69, 9.17) is 5.73 Å². The minimum absolute atomic E-state index is 0.263. The Bertz CT molecular complexity index is 566. The van der Waals surface area contributed by atoms with Gasteiger partial charge in [0.05, 0.1) is 0 Å². The molecular formula is C17H20BrNS. The second-order valence-corrected chi connectivity index (χ2v) is 7.06. The van der Waals surface area contributed by atoms with Crippen molar-refractivity contribution in [3.63, 3.8) is 0 Å². The highest BCUT2D eigenvalue weighted by atomic mass is 79.9. The highest BCUT2D eigenvalue weighted by molar-refractivity contribution is 9.10. The first-order valence-corrected chi connectivity index (χ1v) is 8.48. The summed E-state index contributed by atoms with van der Waals surface area (Å²) in [7, 11) is 0. The summed E-state index contributed by atoms with van der Waals surface area (Å²) in [6.07, 6.45) is 1.98. The average molecular weight is 350 g/mol. The highest BCUT2D eigenvalue weighted by Crippen LogP contribution is 2.31. The van der Waals surface area contributed by atoms with E-state index >= 15 is 0 Å². The van der Waals surface area contributed by atoms with Crippen LogP contribution >= 0.6 is 27.7 Å². The molecule has 2 N–H and O–H groups in total. The third-order valence-electron chi connectivity index (χ3n) is 3.30. The smallest absolute Gasteiger partial charge is 0.0176 e. The molecule has 2 rings (SSSR count). The molecule has 0 radical (unpaired) electrons. The maximum Gasteiger partial charge on any atom is 0.0176 e. The topological polar surface area (TPSA) is 26.0 Å². The van der Waals surface area contributed by atoms with Crippen molar-refractivity contribution < 1.29 is 0 Å². The molecule has 0 aliphatic heterocycles. The Morgan fingerprint density at radius 2 is 1.85 bits per heavy atom. The zero-order chi connectivity index (χ0) is 14.5. The van der Waals surface area contributed by atoms with E-state index in [1.54, 1.807) is 11.8 Å². The summed E-state index contributed by atoms with van der Waals surface area (Å²) < 4.78 is 1.11. The Morgan fingerprint density at radius 1 is 1.15 bits per heavy atom. The Kier molecular flexibility index (Phi) is 5.70. The quantitative estimate of drug-likeness (QED) is 0.803. The first kappa shape index (κ1) is 15.6. The molecule has 2 aromatic carbocycles. The number of hydrogen-bond acceptors (Lipinski definition) is 2. The third-order valence-corrected chi connectivity index (χ3v) is 5.02. The van der Waals surface area contributed by atoms with E-state index in [0.29, 0.717) is 0 Å². The highest BCUT2D eigenvalue weighted by Gasteiger charge is 2.05. The van der Waals surface area contributed by atoms with E-state index in [-0.39, 0.29) is 6.04 Å². The molecule has 0 bridgehead atoms. The van der Waals surface area contributed by atoms with Gasteiger partial charge in [0.15, 0.2) is 0 Å². The van der Waals surface area contributed by atoms with Crippen LogP contribution in [-0.2, 0) is 6.42 Å². The fourth-order valence-electron chi connectivity index (χ4n) is 2.03. The van der Waals surface area contributed by atoms with Gasteiger partial charge in [-0.1, -0.05) is 46.7 Å². The summed E-state index contributed by atoms with van der Waals surface area (Å²) in [5, 5.41) is 0. The van der Waals surface area contributed by atoms with Gasteiger partial charge in [0.25, 0.3) is 0 Å². The van der Waals surface area contributed by atoms with Crippen LogP contribution in [0.3, 0.4) is 0 Å². The Balaban J connectivity index is 2.11. The van der Waals surface area contributed by atoms with Gasteiger partial charge in [-0.2, -0.15) is 0 Å². The predicted octanol–water partition coefficient (Wildman–Crippen LogP) is 5.19. The molecule has 1 atom stereocenters. The van der Waals surface area contributed by atoms with Crippen LogP contribution in [0.4, 0.5) is 0 Å². The van der Waals surface area contributed by atoms with Gasteiger partial charge >= 0.3 is 0 Å². The van der Waals surface area contributed by atoms with Crippen LogP contribution < -0.4 is 5.73 Å². The van der Waals surface area contributed by atoms with E-state index < -0.39 is 0 Å². The molecule has 0 aromatic heterocycles. The number of halogens is 1. The van der Waals surface area contributed by atoms with Crippen LogP contribution in [0.15, 0.2) is 56.7 Å². The molecule has 0 saturated heterocycles. The summed E-state index contributed by atoms with van der Waals surface area (Å²) in [5.41, 5.74) is 8.67. The van der Waals surface area contributed by atoms with Crippen LogP contribution in [0.5, 0.6) is 0 Å². The standard InChI is InChI=1S/C17H20BrNS/c1-3-15(19)11-13-4-9-17(12(2)10-13)20-16-7-5-14(18)6-8-16/h4-10,15H,3,11,19H2,1-2H3. The summed E-state index contributed by atoms with van der Waals surface area (Å²) in [6.45, 7) is 4.30. The van der Waals surface area contributed by atoms with Crippen molar-refractivity contribution in [3.8, 4) is 0 Å². The molecule has 3 heteroatoms. The van der Waals surface area contributed by atoms with Crippen molar-refractivity contribution in [1.82, 2.24) is 0 Å². The molecule has 0 fully saturated rings. The van der Waals surface area contributed by atoms with Crippen LogP contribution in [0.25, 0.3) is 0 Å². The summed E-state index contributed by atoms with van der Waals surface area (Å²) >= 11 is 5.27. The molecule has 106 valence electrons. The normalized spacial score (nSPS) is 12.4. The minimum atomic E-state index is 0.263. The fourth-order valence-corrected chi connectivity index (χ4v) is 3.18. The lowest BCUT2D eigenvalue weighted by Crippen LogP contribution is -2.21. The first-order valence-electron chi connectivity index (χ1n) is 6.87. The predicted molar refractivity (Wildman–Crippen MR) is 91.4 cm³/mol. The van der Waals surface area contributed by atoms with E-state index in [1.165, 1.54) is 20.9 Å². The van der Waals surface area contributed by atoms with Gasteiger partial charge in [-0.3, -0.25) is 0 Å². The summed E-state index contributed by atoms with van der Waals surface area (Å²) in [4.78, 5) is 2.57. The van der Waals surface area contributed by atoms with E-state index in [0.717, 1.165) is 17.3 Å². The Hall–Kier alpha value is -0.770. The lowest BCUT2D eigenvalue weighted by atomic mass is 10.0. The van der Waals surface area contributed by atoms with Crippen molar-refractivity contribution >= 4 is 27.7 Å². The molecule has 0 spiro atoms. The van der Waals surface area contributed by atoms with Gasteiger partial charge in [0.2, 0.25) is 0 Å². The second-order valence-electron chi connectivity index (χ2n) is 5.03. The number of nitrogens with two attached hydrogens (primary N) is 1. The molecule has 0 aliphatic carbocycles. The number of aryl methyl sites for hydroxylation is 1. The molecule has 0 amide bonds. The lowest BCUT2D eigenvalue weighted by molar-refractivity contribution is 0.646. The van der Waals surface area contributed by atoms with Gasteiger partial charge in [-0.15, -0.1) is 0 Å². The van der Waals surface area contributed by atoms with Crippen molar-refractivity contribution in [1.29, 1.82) is 0 Å². The van der Waals surface area contributed by atoms with Gasteiger partial charge in [0.1, 0.15) is 0 Å². The first-order chi connectivity index (χ1) is 9.58. The number of benzene rings is 2. The largest absolute Gasteiger partial charge is 0.327 e. The third kappa shape index (κ3) is 4.37. The molecular weight excluding hydrogens is 330 g/mol. The van der Waals surface area contributed by atoms with E-state index in [2.05, 4.69) is 72.2 Å². The molecule has 1 unspecified atom stereocenters. The Labute approximate surface area is 134 Å². The Morgan fingerprint density at radius 3 is 2.45 bits per heavy atom. The van der Waals surface area contributed by atoms with Crippen molar-refractivity contribution in [3.05, 3.63) is 58.1 Å². The molecule has 0 heterocycles. The SMILES string of the molecule is CCC(N)Cc1ccc(Sc2ccc(Br)cc2)c(C)c1. The van der Waals surface area contributed by atoms with Crippen molar-refractivity contribution in [2.75, 3.05) is 0 Å². The molecule has 1 nitrogen and oxygen atoms in total. The van der Waals surface area contributed by atoms with Gasteiger partial charge in [-0.25, -0.2) is 0 Å². The average Bonchev–Trinajstić information content (AvgIpc) is 2.44. The molecule has 20 heavy (non-hydrogen) atoms. The van der Waals surface area contributed by atoms with Gasteiger partial charge < -0.3 is 5.73 Å². The van der Waals surface area contributed by atoms with E-state index in [9.17, 15) is 0 Å². The molecule has 2 aromatic rings. The second kappa shape index (κ2) is 7.30. The van der Waals surface area contributed by atoms with Crippen LogP contribution in [0, 0.1) is 6.92 Å².